The van der Waals surface area contributed by atoms with Crippen LogP contribution in [0.15, 0.2) is 329 Å². The quantitative estimate of drug-likeness (QED) is 0.0126. The number of fused-ring (bicyclic) bond motifs is 2. The van der Waals surface area contributed by atoms with Crippen molar-refractivity contribution in [3.63, 3.8) is 0 Å². The average Bonchev–Trinajstić information content (AvgIpc) is 1.75. The highest BCUT2D eigenvalue weighted by atomic mass is 16.4. The van der Waals surface area contributed by atoms with Crippen LogP contribution in [0.3, 0.4) is 0 Å². The number of aromatic nitrogens is 10. The second-order valence-electron chi connectivity index (χ2n) is 31.2. The van der Waals surface area contributed by atoms with Crippen molar-refractivity contribution in [3.8, 4) is 0 Å². The number of aliphatic hydroxyl groups excluding tert-OH is 2. The second kappa shape index (κ2) is 52.1. The summed E-state index contributed by atoms with van der Waals surface area (Å²) in [7, 11) is 0. The number of imidazole rings is 2. The first kappa shape index (κ1) is 94.7. The van der Waals surface area contributed by atoms with Gasteiger partial charge in [0.15, 0.2) is 11.3 Å². The molecule has 14 rings (SSSR count). The number of carbonyl (C=O) groups is 4. The largest absolute Gasteiger partial charge is 0.478 e. The molecule has 8 aromatic heterocycles. The zero-order valence-corrected chi connectivity index (χ0v) is 71.7. The Morgan fingerprint density at radius 1 is 0.359 bits per heavy atom. The minimum absolute atomic E-state index is 0. The number of hydrogen-bond donors (Lipinski definition) is 9. The van der Waals surface area contributed by atoms with Gasteiger partial charge in [0.05, 0.1) is 58.6 Å². The van der Waals surface area contributed by atoms with Crippen LogP contribution < -0.4 is 32.3 Å². The first-order chi connectivity index (χ1) is 62.5. The van der Waals surface area contributed by atoms with E-state index in [4.69, 9.17) is 15.8 Å². The van der Waals surface area contributed by atoms with Gasteiger partial charge in [-0.15, -0.1) is 0 Å². The lowest BCUT2D eigenvalue weighted by Crippen LogP contribution is -2.27. The molecule has 660 valence electrons. The number of nitrogens with two attached hydrogens (primary N) is 1. The maximum Gasteiger partial charge on any atom is 0.330 e. The summed E-state index contributed by atoms with van der Waals surface area (Å²) in [5.74, 6) is -0.883. The summed E-state index contributed by atoms with van der Waals surface area (Å²) in [5.41, 5.74) is 17.5. The summed E-state index contributed by atoms with van der Waals surface area (Å²) in [6, 6.07) is 83.3. The van der Waals surface area contributed by atoms with E-state index in [1.54, 1.807) is 66.5 Å². The number of anilines is 4. The van der Waals surface area contributed by atoms with Crippen LogP contribution in [0.1, 0.15) is 217 Å². The Bertz CT molecular complexity index is 5680. The van der Waals surface area contributed by atoms with Gasteiger partial charge in [0, 0.05) is 91.5 Å². The predicted octanol–water partition coefficient (Wildman–Crippen LogP) is 21.4. The first-order valence-corrected chi connectivity index (χ1v) is 44.2. The maximum absolute atomic E-state index is 13.4. The zero-order valence-electron chi connectivity index (χ0n) is 71.7. The Morgan fingerprint density at radius 2 is 0.711 bits per heavy atom. The molecule has 6 atom stereocenters. The van der Waals surface area contributed by atoms with Gasteiger partial charge >= 0.3 is 5.97 Å². The molecule has 0 spiro atoms. The highest BCUT2D eigenvalue weighted by molar-refractivity contribution is 5.97. The number of rotatable bonds is 45. The number of aliphatic hydroxyl groups is 2. The summed E-state index contributed by atoms with van der Waals surface area (Å²) >= 11 is 0. The van der Waals surface area contributed by atoms with Crippen molar-refractivity contribution in [2.45, 2.75) is 172 Å². The van der Waals surface area contributed by atoms with Crippen LogP contribution >= 0.6 is 0 Å². The monoisotopic (exact) mass is 1710 g/mol. The minimum atomic E-state index is -1.01. The molecular weight excluding hydrogens is 1600 g/mol. The van der Waals surface area contributed by atoms with Crippen LogP contribution in [-0.4, -0.2) is 101 Å². The normalized spacial score (nSPS) is 12.7. The molecule has 23 heteroatoms. The molecule has 0 aliphatic carbocycles. The van der Waals surface area contributed by atoms with Crippen molar-refractivity contribution < 1.29 is 34.5 Å². The molecule has 6 aromatic carbocycles. The Hall–Kier alpha value is -14.0. The standard InChI is InChI=1S/C52H56N8O3.C37H47N5O2.C15H11N3O2.CH4/c61-47(32-14-6-4-2-1-3-5-7-19-35-55-48(62)37-45(39-23-10-8-11-24-39)60-38-57-52-44(60)30-22-36-56-52)58-42-28-16-15-27-41(42)50(59-46-31-18-21-34-54-46)49(43-29-17-20-33-53-43)51(63)40-25-12-9-13-26-40;38-26-16-7-5-3-1-2-4-6-11-25-34(43)41-31-22-13-12-21-30(31)36(42-33-24-15-18-28-40-33)35(32-23-14-17-27-39-32)37(44)29-19-9-8-10-20-29;19-14(20)9-13(11-5-2-1-3-6-11)18-10-17-15-12(18)7-4-8-16-15;/h8-13,15-18,20-31,33-34,36-38,49-51,63H,1-7,14,19,32,35H2,(H,54,59)(H,55,62)(H,58,61);8-10,12-15,17-24,27-28,35-37,44H,1-7,11,16,25-26,38H2,(H,40,42)(H,41,43);1-10H,(H,19,20);1H4/b45-37-;;13-9-;. The van der Waals surface area contributed by atoms with Gasteiger partial charge in [0.2, 0.25) is 17.7 Å². The summed E-state index contributed by atoms with van der Waals surface area (Å²) in [4.78, 5) is 86.3. The number of aliphatic carboxylic acids is 1. The van der Waals surface area contributed by atoms with E-state index in [2.05, 4.69) is 61.5 Å². The van der Waals surface area contributed by atoms with E-state index in [0.29, 0.717) is 65.1 Å². The van der Waals surface area contributed by atoms with Gasteiger partial charge in [-0.05, 0) is 151 Å². The Morgan fingerprint density at radius 3 is 1.10 bits per heavy atom. The van der Waals surface area contributed by atoms with E-state index in [-0.39, 0.29) is 25.1 Å². The lowest BCUT2D eigenvalue weighted by molar-refractivity contribution is -0.131. The molecule has 14 aromatic rings. The van der Waals surface area contributed by atoms with Crippen LogP contribution in [0, 0.1) is 0 Å². The summed E-state index contributed by atoms with van der Waals surface area (Å²) in [5, 5.41) is 49.6. The van der Waals surface area contributed by atoms with Gasteiger partial charge in [-0.1, -0.05) is 279 Å². The number of pyridine rings is 6. The smallest absolute Gasteiger partial charge is 0.330 e. The number of nitrogens with one attached hydrogen (secondary N) is 5. The fourth-order valence-corrected chi connectivity index (χ4v) is 15.7. The third-order valence-corrected chi connectivity index (χ3v) is 22.1. The van der Waals surface area contributed by atoms with Crippen LogP contribution in [0.25, 0.3) is 33.7 Å². The lowest BCUT2D eigenvalue weighted by Gasteiger charge is -2.33. The van der Waals surface area contributed by atoms with Crippen molar-refractivity contribution in [3.05, 3.63) is 374 Å². The zero-order chi connectivity index (χ0) is 88.3. The van der Waals surface area contributed by atoms with Gasteiger partial charge in [0.25, 0.3) is 0 Å². The van der Waals surface area contributed by atoms with Crippen molar-refractivity contribution in [1.29, 1.82) is 0 Å². The van der Waals surface area contributed by atoms with E-state index < -0.39 is 42.1 Å². The maximum atomic E-state index is 13.4. The number of hydrogen-bond acceptors (Lipinski definition) is 17. The number of carboxylic acid groups (broad SMARTS) is 1. The third-order valence-electron chi connectivity index (χ3n) is 22.1. The van der Waals surface area contributed by atoms with Crippen molar-refractivity contribution in [2.24, 2.45) is 5.73 Å². The Labute approximate surface area is 750 Å². The number of para-hydroxylation sites is 2. The lowest BCUT2D eigenvalue weighted by atomic mass is 9.82. The van der Waals surface area contributed by atoms with Gasteiger partial charge in [-0.25, -0.2) is 34.7 Å². The molecule has 0 aliphatic rings. The van der Waals surface area contributed by atoms with Gasteiger partial charge < -0.3 is 47.6 Å². The van der Waals surface area contributed by atoms with Crippen molar-refractivity contribution >= 4 is 80.4 Å². The van der Waals surface area contributed by atoms with Crippen LogP contribution in [0.5, 0.6) is 0 Å². The van der Waals surface area contributed by atoms with Crippen LogP contribution in [-0.2, 0) is 19.2 Å². The molecule has 10 N–H and O–H groups in total. The molecule has 3 amide bonds. The first-order valence-electron chi connectivity index (χ1n) is 44.2. The number of unbranched alkanes of at least 4 members (excludes halogenated alkanes) is 16. The number of carboxylic acids is 1. The van der Waals surface area contributed by atoms with Crippen molar-refractivity contribution in [2.75, 3.05) is 34.4 Å². The number of benzene rings is 6. The molecule has 0 aliphatic heterocycles. The minimum Gasteiger partial charge on any atom is -0.478 e. The summed E-state index contributed by atoms with van der Waals surface area (Å²) in [6.45, 7) is 1.41. The van der Waals surface area contributed by atoms with Gasteiger partial charge in [-0.2, -0.15) is 0 Å². The molecule has 23 nitrogen and oxygen atoms in total. The summed E-state index contributed by atoms with van der Waals surface area (Å²) < 4.78 is 3.64. The molecule has 0 saturated carbocycles. The van der Waals surface area contributed by atoms with E-state index in [1.807, 2.05) is 265 Å². The molecule has 0 saturated heterocycles. The van der Waals surface area contributed by atoms with E-state index in [0.717, 1.165) is 146 Å². The van der Waals surface area contributed by atoms with Gasteiger partial charge in [-0.3, -0.25) is 33.5 Å². The number of nitrogens with zero attached hydrogens (tertiary/aromatic N) is 10. The van der Waals surface area contributed by atoms with E-state index >= 15 is 0 Å². The fourth-order valence-electron chi connectivity index (χ4n) is 15.7. The molecule has 0 fully saturated rings. The average molecular weight is 1720 g/mol. The Balaban J connectivity index is 0.000000210. The fraction of sp³-hybridized carbons (Fsp3) is 0.276. The highest BCUT2D eigenvalue weighted by Crippen LogP contribution is 2.46. The molecule has 8 heterocycles. The molecule has 128 heavy (non-hydrogen) atoms. The van der Waals surface area contributed by atoms with E-state index in [9.17, 15) is 29.4 Å². The highest BCUT2D eigenvalue weighted by Gasteiger charge is 2.37. The van der Waals surface area contributed by atoms with Gasteiger partial charge in [0.1, 0.15) is 24.3 Å². The Kier molecular flexibility index (Phi) is 38.5. The predicted molar refractivity (Wildman–Crippen MR) is 512 cm³/mol. The molecule has 0 radical (unpaired) electrons. The molecule has 6 unspecified atom stereocenters. The van der Waals surface area contributed by atoms with Crippen LogP contribution in [0.2, 0.25) is 0 Å². The number of carbonyl (C=O) groups excluding carboxylic acids is 3. The third kappa shape index (κ3) is 28.8. The molecular formula is C105H118N16O7. The topological polar surface area (TPSA) is 328 Å². The second-order valence-corrected chi connectivity index (χ2v) is 31.2. The SMILES string of the molecule is C.NCCCCCCCCCCCC(=O)Nc1ccccc1C(Nc1ccccn1)C(c1ccccn1)C(O)c1ccccc1.O=C(/C=C(/c1ccccc1)n1cnc2ncccc21)NCCCCCCCCCCCC(=O)Nc1ccccc1C(Nc1ccccn1)C(c1ccccn1)C(O)c1ccccc1.O=C(O)/C=C(/c1ccccc1)n1cnc2ncccc21. The van der Waals surface area contributed by atoms with E-state index in [1.165, 1.54) is 38.2 Å². The summed E-state index contributed by atoms with van der Waals surface area (Å²) in [6.07, 6.45) is 35.3. The number of amides is 3. The van der Waals surface area contributed by atoms with Crippen LogP contribution in [0.4, 0.5) is 23.0 Å². The van der Waals surface area contributed by atoms with Crippen molar-refractivity contribution in [1.82, 2.24) is 54.3 Å². The molecule has 0 bridgehead atoms.